The molecule has 0 aliphatic carbocycles. The molecule has 0 fully saturated rings. The number of nitrogens with one attached hydrogen (secondary N) is 1. The molecule has 0 spiro atoms. The summed E-state index contributed by atoms with van der Waals surface area (Å²) >= 11 is 12.2. The van der Waals surface area contributed by atoms with E-state index in [0.29, 0.717) is 27.8 Å². The van der Waals surface area contributed by atoms with Crippen molar-refractivity contribution in [2.75, 3.05) is 23.7 Å². The number of para-hydroxylation sites is 1. The van der Waals surface area contributed by atoms with E-state index in [2.05, 4.69) is 5.32 Å². The quantitative estimate of drug-likeness (QED) is 0.441. The Morgan fingerprint density at radius 2 is 1.69 bits per heavy atom. The van der Waals surface area contributed by atoms with Crippen molar-refractivity contribution in [2.24, 2.45) is 0 Å². The molecule has 10 heteroatoms. The molecule has 0 heterocycles. The van der Waals surface area contributed by atoms with Crippen LogP contribution in [-0.4, -0.2) is 50.5 Å². The fourth-order valence-corrected chi connectivity index (χ4v) is 4.80. The molecule has 0 unspecified atom stereocenters. The van der Waals surface area contributed by atoms with Gasteiger partial charge in [0.2, 0.25) is 21.8 Å². The lowest BCUT2D eigenvalue weighted by atomic mass is 10.0. The smallest absolute Gasteiger partial charge is 0.244 e. The van der Waals surface area contributed by atoms with Gasteiger partial charge in [-0.05, 0) is 48.6 Å². The van der Waals surface area contributed by atoms with Crippen molar-refractivity contribution < 1.29 is 18.0 Å². The standard InChI is InChI=1S/C25H33Cl2N3O4S/c1-6-13-28-25(32)18(4)29(15-19-11-12-21(26)22(27)14-19)24(31)16-30(35(5,33)34)23-10-8-7-9-20(23)17(2)3/h7-12,14,17-18H,6,13,15-16H2,1-5H3,(H,28,32)/t18-/m1/s1. The minimum Gasteiger partial charge on any atom is -0.354 e. The molecule has 0 radical (unpaired) electrons. The van der Waals surface area contributed by atoms with Crippen LogP contribution >= 0.6 is 23.2 Å². The molecule has 0 saturated heterocycles. The van der Waals surface area contributed by atoms with E-state index in [-0.39, 0.29) is 18.4 Å². The van der Waals surface area contributed by atoms with Crippen molar-refractivity contribution in [1.82, 2.24) is 10.2 Å². The average Bonchev–Trinajstić information content (AvgIpc) is 2.80. The summed E-state index contributed by atoms with van der Waals surface area (Å²) in [5, 5.41) is 3.49. The maximum absolute atomic E-state index is 13.6. The Balaban J connectivity index is 2.46. The average molecular weight is 543 g/mol. The number of carbonyl (C=O) groups is 2. The molecule has 1 atom stereocenters. The van der Waals surface area contributed by atoms with Crippen LogP contribution < -0.4 is 9.62 Å². The normalized spacial score (nSPS) is 12.3. The Morgan fingerprint density at radius 1 is 1.03 bits per heavy atom. The Labute approximate surface area is 218 Å². The molecule has 192 valence electrons. The zero-order valence-electron chi connectivity index (χ0n) is 20.7. The van der Waals surface area contributed by atoms with Crippen LogP contribution in [0, 0.1) is 0 Å². The Bertz CT molecular complexity index is 1160. The van der Waals surface area contributed by atoms with Gasteiger partial charge in [0, 0.05) is 13.1 Å². The van der Waals surface area contributed by atoms with Crippen LogP contribution in [0.15, 0.2) is 42.5 Å². The van der Waals surface area contributed by atoms with Gasteiger partial charge in [-0.15, -0.1) is 0 Å². The van der Waals surface area contributed by atoms with Crippen molar-refractivity contribution >= 4 is 50.7 Å². The predicted molar refractivity (Wildman–Crippen MR) is 142 cm³/mol. The number of hydrogen-bond donors (Lipinski definition) is 1. The minimum atomic E-state index is -3.80. The number of amides is 2. The summed E-state index contributed by atoms with van der Waals surface area (Å²) in [7, 11) is -3.80. The molecule has 35 heavy (non-hydrogen) atoms. The van der Waals surface area contributed by atoms with Crippen LogP contribution in [0.5, 0.6) is 0 Å². The molecule has 2 aromatic rings. The maximum Gasteiger partial charge on any atom is 0.244 e. The van der Waals surface area contributed by atoms with Gasteiger partial charge in [-0.2, -0.15) is 0 Å². The molecule has 2 rings (SSSR count). The van der Waals surface area contributed by atoms with Gasteiger partial charge < -0.3 is 10.2 Å². The van der Waals surface area contributed by atoms with Crippen molar-refractivity contribution in [3.63, 3.8) is 0 Å². The molecule has 0 saturated carbocycles. The van der Waals surface area contributed by atoms with E-state index in [9.17, 15) is 18.0 Å². The van der Waals surface area contributed by atoms with Gasteiger partial charge in [0.25, 0.3) is 0 Å². The summed E-state index contributed by atoms with van der Waals surface area (Å²) in [5.41, 5.74) is 1.91. The summed E-state index contributed by atoms with van der Waals surface area (Å²) in [6.45, 7) is 7.53. The third kappa shape index (κ3) is 7.85. The van der Waals surface area contributed by atoms with E-state index in [4.69, 9.17) is 23.2 Å². The second kappa shape index (κ2) is 12.6. The number of anilines is 1. The van der Waals surface area contributed by atoms with Crippen LogP contribution in [0.2, 0.25) is 10.0 Å². The van der Waals surface area contributed by atoms with Crippen LogP contribution in [0.25, 0.3) is 0 Å². The fourth-order valence-electron chi connectivity index (χ4n) is 3.61. The number of halogens is 2. The number of carbonyl (C=O) groups excluding carboxylic acids is 2. The maximum atomic E-state index is 13.6. The third-order valence-electron chi connectivity index (χ3n) is 5.56. The third-order valence-corrected chi connectivity index (χ3v) is 7.43. The van der Waals surface area contributed by atoms with Gasteiger partial charge >= 0.3 is 0 Å². The monoisotopic (exact) mass is 541 g/mol. The first-order chi connectivity index (χ1) is 16.4. The SMILES string of the molecule is CCCNC(=O)[C@@H](C)N(Cc1ccc(Cl)c(Cl)c1)C(=O)CN(c1ccccc1C(C)C)S(C)(=O)=O. The molecule has 1 N–H and O–H groups in total. The predicted octanol–water partition coefficient (Wildman–Crippen LogP) is 4.83. The van der Waals surface area contributed by atoms with Crippen LogP contribution in [0.3, 0.4) is 0 Å². The number of rotatable bonds is 11. The van der Waals surface area contributed by atoms with E-state index in [0.717, 1.165) is 22.5 Å². The molecular formula is C25H33Cl2N3O4S. The highest BCUT2D eigenvalue weighted by Crippen LogP contribution is 2.29. The second-order valence-electron chi connectivity index (χ2n) is 8.72. The molecule has 0 aliphatic rings. The van der Waals surface area contributed by atoms with E-state index in [1.165, 1.54) is 4.90 Å². The van der Waals surface area contributed by atoms with E-state index >= 15 is 0 Å². The Hall–Kier alpha value is -2.29. The first-order valence-corrected chi connectivity index (χ1v) is 14.0. The van der Waals surface area contributed by atoms with E-state index in [1.54, 1.807) is 37.3 Å². The van der Waals surface area contributed by atoms with Gasteiger partial charge in [-0.25, -0.2) is 8.42 Å². The second-order valence-corrected chi connectivity index (χ2v) is 11.4. The highest BCUT2D eigenvalue weighted by molar-refractivity contribution is 7.92. The van der Waals surface area contributed by atoms with Gasteiger partial charge in [-0.3, -0.25) is 13.9 Å². The molecule has 2 amide bonds. The lowest BCUT2D eigenvalue weighted by molar-refractivity contribution is -0.139. The topological polar surface area (TPSA) is 86.8 Å². The highest BCUT2D eigenvalue weighted by atomic mass is 35.5. The molecule has 0 bridgehead atoms. The molecule has 0 aliphatic heterocycles. The van der Waals surface area contributed by atoms with E-state index in [1.807, 2.05) is 32.9 Å². The van der Waals surface area contributed by atoms with Crippen LogP contribution in [0.1, 0.15) is 51.2 Å². The van der Waals surface area contributed by atoms with Crippen molar-refractivity contribution in [3.05, 3.63) is 63.6 Å². The van der Waals surface area contributed by atoms with Crippen LogP contribution in [-0.2, 0) is 26.2 Å². The Morgan fingerprint density at radius 3 is 2.26 bits per heavy atom. The summed E-state index contributed by atoms with van der Waals surface area (Å²) in [6, 6.07) is 11.2. The summed E-state index contributed by atoms with van der Waals surface area (Å²) in [5.74, 6) is -0.801. The van der Waals surface area contributed by atoms with Crippen molar-refractivity contribution in [3.8, 4) is 0 Å². The first kappa shape index (κ1) is 28.9. The summed E-state index contributed by atoms with van der Waals surface area (Å²) < 4.78 is 26.7. The molecule has 0 aromatic heterocycles. The van der Waals surface area contributed by atoms with Gasteiger partial charge in [0.15, 0.2) is 0 Å². The lowest BCUT2D eigenvalue weighted by Crippen LogP contribution is -2.51. The van der Waals surface area contributed by atoms with Crippen LogP contribution in [0.4, 0.5) is 5.69 Å². The molecule has 2 aromatic carbocycles. The number of benzene rings is 2. The number of hydrogen-bond acceptors (Lipinski definition) is 4. The lowest BCUT2D eigenvalue weighted by Gasteiger charge is -2.32. The molecular weight excluding hydrogens is 509 g/mol. The highest BCUT2D eigenvalue weighted by Gasteiger charge is 2.31. The largest absolute Gasteiger partial charge is 0.354 e. The van der Waals surface area contributed by atoms with Gasteiger partial charge in [0.1, 0.15) is 12.6 Å². The first-order valence-electron chi connectivity index (χ1n) is 11.4. The number of nitrogens with zero attached hydrogens (tertiary/aromatic N) is 2. The Kier molecular flexibility index (Phi) is 10.4. The minimum absolute atomic E-state index is 0.0385. The zero-order chi connectivity index (χ0) is 26.3. The number of sulfonamides is 1. The molecule has 7 nitrogen and oxygen atoms in total. The van der Waals surface area contributed by atoms with E-state index < -0.39 is 28.5 Å². The van der Waals surface area contributed by atoms with Crippen molar-refractivity contribution in [2.45, 2.75) is 52.6 Å². The van der Waals surface area contributed by atoms with Gasteiger partial charge in [0.05, 0.1) is 22.0 Å². The zero-order valence-corrected chi connectivity index (χ0v) is 23.0. The van der Waals surface area contributed by atoms with Crippen molar-refractivity contribution in [1.29, 1.82) is 0 Å². The summed E-state index contributed by atoms with van der Waals surface area (Å²) in [6.07, 6.45) is 1.81. The fraction of sp³-hybridized carbons (Fsp3) is 0.440. The summed E-state index contributed by atoms with van der Waals surface area (Å²) in [4.78, 5) is 27.7. The van der Waals surface area contributed by atoms with Gasteiger partial charge in [-0.1, -0.05) is 68.2 Å².